The second-order valence-corrected chi connectivity index (χ2v) is 5.79. The number of aliphatic hydroxyl groups excluding tert-OH is 3. The van der Waals surface area contributed by atoms with Crippen LogP contribution in [0.2, 0.25) is 0 Å². The first-order valence-corrected chi connectivity index (χ1v) is 7.43. The Labute approximate surface area is 132 Å². The quantitative estimate of drug-likeness (QED) is 0.622. The fraction of sp³-hybridized carbons (Fsp3) is 0.438. The Hall–Kier alpha value is -1.96. The topological polar surface area (TPSA) is 99.0 Å². The van der Waals surface area contributed by atoms with Gasteiger partial charge in [0.15, 0.2) is 0 Å². The molecule has 0 fully saturated rings. The highest BCUT2D eigenvalue weighted by atomic mass is 19.1. The zero-order valence-corrected chi connectivity index (χ0v) is 12.3. The number of aliphatic hydroxyl groups is 3. The van der Waals surface area contributed by atoms with Crippen LogP contribution in [0.5, 0.6) is 5.75 Å². The molecule has 1 heterocycles. The Morgan fingerprint density at radius 3 is 2.83 bits per heavy atom. The van der Waals surface area contributed by atoms with Gasteiger partial charge >= 0.3 is 0 Å². The smallest absolute Gasteiger partial charge is 0.247 e. The SMILES string of the molecule is O=C(NC1CCOc2ccc(F)cc21)C1=C[C@@H](O)[C@@H](O)[C@H](O)C1. The molecule has 0 saturated carbocycles. The van der Waals surface area contributed by atoms with E-state index in [1.54, 1.807) is 0 Å². The molecule has 1 aliphatic heterocycles. The molecule has 124 valence electrons. The Morgan fingerprint density at radius 1 is 1.30 bits per heavy atom. The normalized spacial score (nSPS) is 30.0. The van der Waals surface area contributed by atoms with E-state index in [2.05, 4.69) is 5.32 Å². The monoisotopic (exact) mass is 323 g/mol. The molecule has 1 aromatic rings. The Kier molecular flexibility index (Phi) is 4.34. The summed E-state index contributed by atoms with van der Waals surface area (Å²) in [5, 5.41) is 31.6. The van der Waals surface area contributed by atoms with Gasteiger partial charge in [-0.1, -0.05) is 0 Å². The van der Waals surface area contributed by atoms with Crippen molar-refractivity contribution in [2.75, 3.05) is 6.61 Å². The van der Waals surface area contributed by atoms with Crippen molar-refractivity contribution >= 4 is 5.91 Å². The second kappa shape index (κ2) is 6.27. The maximum absolute atomic E-state index is 13.4. The van der Waals surface area contributed by atoms with Crippen LogP contribution in [0.25, 0.3) is 0 Å². The van der Waals surface area contributed by atoms with Gasteiger partial charge in [0, 0.05) is 24.0 Å². The van der Waals surface area contributed by atoms with Crippen molar-refractivity contribution in [3.63, 3.8) is 0 Å². The van der Waals surface area contributed by atoms with Gasteiger partial charge in [-0.3, -0.25) is 4.79 Å². The predicted molar refractivity (Wildman–Crippen MR) is 78.1 cm³/mol. The van der Waals surface area contributed by atoms with Gasteiger partial charge < -0.3 is 25.4 Å². The number of rotatable bonds is 2. The maximum atomic E-state index is 13.4. The van der Waals surface area contributed by atoms with E-state index in [4.69, 9.17) is 4.74 Å². The second-order valence-electron chi connectivity index (χ2n) is 5.79. The minimum Gasteiger partial charge on any atom is -0.493 e. The van der Waals surface area contributed by atoms with E-state index in [0.29, 0.717) is 24.3 Å². The lowest BCUT2D eigenvalue weighted by Crippen LogP contribution is -2.43. The first-order valence-electron chi connectivity index (χ1n) is 7.43. The van der Waals surface area contributed by atoms with E-state index < -0.39 is 36.1 Å². The van der Waals surface area contributed by atoms with Gasteiger partial charge in [-0.2, -0.15) is 0 Å². The van der Waals surface area contributed by atoms with E-state index in [0.717, 1.165) is 0 Å². The van der Waals surface area contributed by atoms with Gasteiger partial charge in [0.25, 0.3) is 0 Å². The summed E-state index contributed by atoms with van der Waals surface area (Å²) in [5.41, 5.74) is 0.752. The summed E-state index contributed by atoms with van der Waals surface area (Å²) < 4.78 is 18.9. The molecule has 2 aliphatic rings. The van der Waals surface area contributed by atoms with Crippen LogP contribution < -0.4 is 10.1 Å². The largest absolute Gasteiger partial charge is 0.493 e. The van der Waals surface area contributed by atoms with Crippen molar-refractivity contribution in [3.05, 3.63) is 41.2 Å². The number of benzene rings is 1. The molecule has 1 unspecified atom stereocenters. The van der Waals surface area contributed by atoms with Crippen LogP contribution in [0, 0.1) is 5.82 Å². The average Bonchev–Trinajstić information content (AvgIpc) is 2.52. The van der Waals surface area contributed by atoms with E-state index in [1.807, 2.05) is 0 Å². The van der Waals surface area contributed by atoms with Gasteiger partial charge in [-0.25, -0.2) is 4.39 Å². The van der Waals surface area contributed by atoms with Gasteiger partial charge in [-0.05, 0) is 24.3 Å². The van der Waals surface area contributed by atoms with Crippen molar-refractivity contribution in [1.82, 2.24) is 5.32 Å². The van der Waals surface area contributed by atoms with Crippen LogP contribution in [0.3, 0.4) is 0 Å². The van der Waals surface area contributed by atoms with Gasteiger partial charge in [0.2, 0.25) is 5.91 Å². The Bertz CT molecular complexity index is 647. The number of halogens is 1. The molecule has 0 saturated heterocycles. The maximum Gasteiger partial charge on any atom is 0.247 e. The van der Waals surface area contributed by atoms with Gasteiger partial charge in [0.1, 0.15) is 23.8 Å². The molecule has 4 atom stereocenters. The van der Waals surface area contributed by atoms with Crippen LogP contribution >= 0.6 is 0 Å². The van der Waals surface area contributed by atoms with Crippen molar-refractivity contribution in [3.8, 4) is 5.75 Å². The lowest BCUT2D eigenvalue weighted by atomic mass is 9.91. The molecule has 1 aliphatic carbocycles. The van der Waals surface area contributed by atoms with Gasteiger partial charge in [-0.15, -0.1) is 0 Å². The number of ether oxygens (including phenoxy) is 1. The van der Waals surface area contributed by atoms with Crippen LogP contribution in [-0.2, 0) is 4.79 Å². The first-order chi connectivity index (χ1) is 11.0. The summed E-state index contributed by atoms with van der Waals surface area (Å²) in [6.07, 6.45) is -2.12. The van der Waals surface area contributed by atoms with Gasteiger partial charge in [0.05, 0.1) is 18.8 Å². The highest BCUT2D eigenvalue weighted by molar-refractivity contribution is 5.94. The van der Waals surface area contributed by atoms with Crippen LogP contribution in [0.15, 0.2) is 29.8 Å². The van der Waals surface area contributed by atoms with Crippen molar-refractivity contribution in [2.45, 2.75) is 37.2 Å². The van der Waals surface area contributed by atoms with Crippen LogP contribution in [0.4, 0.5) is 4.39 Å². The fourth-order valence-electron chi connectivity index (χ4n) is 2.88. The highest BCUT2D eigenvalue weighted by Gasteiger charge is 2.33. The standard InChI is InChI=1S/C16H18FNO5/c17-9-1-2-14-10(7-9)11(3-4-23-14)18-16(22)8-5-12(19)15(21)13(20)6-8/h1-2,5,7,11-13,15,19-21H,3-4,6H2,(H,18,22)/t11?,12-,13-,15-/m1/s1. The predicted octanol–water partition coefficient (Wildman–Crippen LogP) is 0.178. The molecule has 0 spiro atoms. The molecule has 1 aromatic carbocycles. The van der Waals surface area contributed by atoms with E-state index >= 15 is 0 Å². The molecule has 3 rings (SSSR count). The van der Waals surface area contributed by atoms with E-state index in [1.165, 1.54) is 24.3 Å². The van der Waals surface area contributed by atoms with Crippen molar-refractivity contribution in [2.24, 2.45) is 0 Å². The van der Waals surface area contributed by atoms with E-state index in [-0.39, 0.29) is 12.0 Å². The summed E-state index contributed by atoms with van der Waals surface area (Å²) in [6, 6.07) is 3.72. The zero-order valence-electron chi connectivity index (χ0n) is 12.3. The molecule has 1 amide bonds. The molecular weight excluding hydrogens is 305 g/mol. The lowest BCUT2D eigenvalue weighted by Gasteiger charge is -2.30. The molecule has 23 heavy (non-hydrogen) atoms. The summed E-state index contributed by atoms with van der Waals surface area (Å²) in [4.78, 5) is 12.3. The van der Waals surface area contributed by atoms with Crippen molar-refractivity contribution in [1.29, 1.82) is 0 Å². The third-order valence-corrected chi connectivity index (χ3v) is 4.15. The number of carbonyl (C=O) groups is 1. The van der Waals surface area contributed by atoms with Crippen LogP contribution in [0.1, 0.15) is 24.4 Å². The number of hydrogen-bond donors (Lipinski definition) is 4. The minimum absolute atomic E-state index is 0.0523. The third-order valence-electron chi connectivity index (χ3n) is 4.15. The minimum atomic E-state index is -1.30. The number of amides is 1. The highest BCUT2D eigenvalue weighted by Crippen LogP contribution is 2.33. The molecule has 0 radical (unpaired) electrons. The molecule has 6 nitrogen and oxygen atoms in total. The number of hydrogen-bond acceptors (Lipinski definition) is 5. The Morgan fingerprint density at radius 2 is 2.09 bits per heavy atom. The summed E-state index contributed by atoms with van der Waals surface area (Å²) >= 11 is 0. The van der Waals surface area contributed by atoms with Crippen molar-refractivity contribution < 1.29 is 29.2 Å². The molecule has 4 N–H and O–H groups in total. The number of nitrogens with one attached hydrogen (secondary N) is 1. The lowest BCUT2D eigenvalue weighted by molar-refractivity contribution is -0.120. The van der Waals surface area contributed by atoms with Crippen LogP contribution in [-0.4, -0.2) is 46.1 Å². The average molecular weight is 323 g/mol. The Balaban J connectivity index is 1.77. The first kappa shape index (κ1) is 15.9. The molecule has 7 heteroatoms. The zero-order chi connectivity index (χ0) is 16.6. The summed E-state index contributed by atoms with van der Waals surface area (Å²) in [6.45, 7) is 0.395. The number of carbonyl (C=O) groups excluding carboxylic acids is 1. The third kappa shape index (κ3) is 3.21. The summed E-state index contributed by atoms with van der Waals surface area (Å²) in [5.74, 6) is -0.354. The summed E-state index contributed by atoms with van der Waals surface area (Å²) in [7, 11) is 0. The van der Waals surface area contributed by atoms with E-state index in [9.17, 15) is 24.5 Å². The fourth-order valence-corrected chi connectivity index (χ4v) is 2.88. The molecular formula is C16H18FNO5. The molecule has 0 bridgehead atoms. The molecule has 0 aromatic heterocycles. The number of fused-ring (bicyclic) bond motifs is 1.